The molecule has 0 radical (unpaired) electrons. The first-order valence-electron chi connectivity index (χ1n) is 6.00. The van der Waals surface area contributed by atoms with Crippen LogP contribution in [0.2, 0.25) is 0 Å². The molecule has 102 valence electrons. The normalized spacial score (nSPS) is 11.2. The molecule has 0 aliphatic rings. The number of aryl methyl sites for hydroxylation is 1. The minimum Gasteiger partial charge on any atom is -0.477 e. The van der Waals surface area contributed by atoms with Crippen molar-refractivity contribution in [3.63, 3.8) is 0 Å². The number of benzene rings is 1. The van der Waals surface area contributed by atoms with Gasteiger partial charge in [0.1, 0.15) is 5.57 Å². The number of carbonyl (C=O) groups is 2. The van der Waals surface area contributed by atoms with Gasteiger partial charge in [-0.25, -0.2) is 4.79 Å². The highest BCUT2D eigenvalue weighted by molar-refractivity contribution is 6.23. The Labute approximate surface area is 116 Å². The van der Waals surface area contributed by atoms with Crippen molar-refractivity contribution in [2.24, 2.45) is 7.05 Å². The van der Waals surface area contributed by atoms with Crippen LogP contribution in [0.3, 0.4) is 0 Å². The number of nitrogens with zero attached hydrogens (tertiary/aromatic N) is 1. The van der Waals surface area contributed by atoms with Gasteiger partial charge >= 0.3 is 5.97 Å². The van der Waals surface area contributed by atoms with Gasteiger partial charge in [-0.1, -0.05) is 18.2 Å². The summed E-state index contributed by atoms with van der Waals surface area (Å²) < 4.78 is 1.58. The lowest BCUT2D eigenvalue weighted by Gasteiger charge is -2.05. The van der Waals surface area contributed by atoms with E-state index in [-0.39, 0.29) is 5.57 Å². The summed E-state index contributed by atoms with van der Waals surface area (Å²) in [5.41, 5.74) is 0.732. The van der Waals surface area contributed by atoms with Crippen molar-refractivity contribution in [3.8, 4) is 0 Å². The van der Waals surface area contributed by atoms with Gasteiger partial charge in [-0.15, -0.1) is 0 Å². The summed E-state index contributed by atoms with van der Waals surface area (Å²) in [7, 11) is 1.69. The Hall–Kier alpha value is -2.82. The molecule has 20 heavy (non-hydrogen) atoms. The molecule has 0 amide bonds. The van der Waals surface area contributed by atoms with Crippen molar-refractivity contribution in [3.05, 3.63) is 66.1 Å². The van der Waals surface area contributed by atoms with E-state index in [1.165, 1.54) is 6.20 Å². The largest absolute Gasteiger partial charge is 0.477 e. The zero-order chi connectivity index (χ0) is 14.5. The molecule has 0 saturated heterocycles. The summed E-state index contributed by atoms with van der Waals surface area (Å²) in [5, 5.41) is 12.0. The fourth-order valence-corrected chi connectivity index (χ4v) is 1.75. The number of para-hydroxylation sites is 1. The lowest BCUT2D eigenvalue weighted by Crippen LogP contribution is -2.16. The molecule has 2 rings (SSSR count). The Balaban J connectivity index is 2.26. The number of carboxylic acids is 1. The van der Waals surface area contributed by atoms with Crippen LogP contribution in [0.5, 0.6) is 0 Å². The highest BCUT2D eigenvalue weighted by Crippen LogP contribution is 2.11. The molecule has 0 unspecified atom stereocenters. The summed E-state index contributed by atoms with van der Waals surface area (Å²) in [5.74, 6) is -1.80. The van der Waals surface area contributed by atoms with Gasteiger partial charge in [-0.2, -0.15) is 0 Å². The van der Waals surface area contributed by atoms with Crippen LogP contribution < -0.4 is 5.32 Å². The molecule has 1 heterocycles. The van der Waals surface area contributed by atoms with E-state index in [1.807, 2.05) is 18.2 Å². The van der Waals surface area contributed by atoms with Gasteiger partial charge in [0.15, 0.2) is 0 Å². The van der Waals surface area contributed by atoms with E-state index >= 15 is 0 Å². The highest BCUT2D eigenvalue weighted by Gasteiger charge is 2.20. The standard InChI is InChI=1S/C15H14N2O3/c1-17-9-5-8-13(17)14(18)12(15(19)20)10-16-11-6-3-2-4-7-11/h2-10,16H,1H3,(H,19,20)/b12-10+. The fourth-order valence-electron chi connectivity index (χ4n) is 1.75. The molecule has 0 saturated carbocycles. The van der Waals surface area contributed by atoms with Crippen molar-refractivity contribution in [2.75, 3.05) is 5.32 Å². The average Bonchev–Trinajstić information content (AvgIpc) is 2.86. The number of nitrogens with one attached hydrogen (secondary N) is 1. The van der Waals surface area contributed by atoms with E-state index in [2.05, 4.69) is 5.32 Å². The first kappa shape index (κ1) is 13.6. The third-order valence-electron chi connectivity index (χ3n) is 2.81. The smallest absolute Gasteiger partial charge is 0.341 e. The van der Waals surface area contributed by atoms with Gasteiger partial charge in [0, 0.05) is 25.1 Å². The molecule has 1 aromatic carbocycles. The van der Waals surface area contributed by atoms with Crippen LogP contribution >= 0.6 is 0 Å². The number of hydrogen-bond donors (Lipinski definition) is 2. The van der Waals surface area contributed by atoms with Crippen LogP contribution in [-0.2, 0) is 11.8 Å². The Bertz CT molecular complexity index is 657. The summed E-state index contributed by atoms with van der Waals surface area (Å²) in [4.78, 5) is 23.4. The van der Waals surface area contributed by atoms with Crippen LogP contribution in [0.4, 0.5) is 5.69 Å². The first-order chi connectivity index (χ1) is 9.59. The number of anilines is 1. The Morgan fingerprint density at radius 3 is 2.40 bits per heavy atom. The van der Waals surface area contributed by atoms with Crippen LogP contribution in [0.1, 0.15) is 10.5 Å². The summed E-state index contributed by atoms with van der Waals surface area (Å²) >= 11 is 0. The van der Waals surface area contributed by atoms with Gasteiger partial charge in [-0.3, -0.25) is 4.79 Å². The van der Waals surface area contributed by atoms with Gasteiger partial charge in [-0.05, 0) is 24.3 Å². The van der Waals surface area contributed by atoms with E-state index in [0.717, 1.165) is 0 Å². The maximum Gasteiger partial charge on any atom is 0.341 e. The van der Waals surface area contributed by atoms with Crippen molar-refractivity contribution in [1.29, 1.82) is 0 Å². The predicted molar refractivity (Wildman–Crippen MR) is 75.5 cm³/mol. The number of hydrogen-bond acceptors (Lipinski definition) is 3. The quantitative estimate of drug-likeness (QED) is 0.378. The van der Waals surface area contributed by atoms with Crippen molar-refractivity contribution in [1.82, 2.24) is 4.57 Å². The SMILES string of the molecule is Cn1cccc1C(=O)/C(=C\Nc1ccccc1)C(=O)O. The topological polar surface area (TPSA) is 71.3 Å². The number of ketones is 1. The number of carboxylic acid groups (broad SMARTS) is 1. The van der Waals surface area contributed by atoms with Crippen molar-refractivity contribution in [2.45, 2.75) is 0 Å². The highest BCUT2D eigenvalue weighted by atomic mass is 16.4. The van der Waals surface area contributed by atoms with Crippen molar-refractivity contribution >= 4 is 17.4 Å². The van der Waals surface area contributed by atoms with Crippen LogP contribution in [0.15, 0.2) is 60.4 Å². The van der Waals surface area contributed by atoms with E-state index in [1.54, 1.807) is 42.1 Å². The average molecular weight is 270 g/mol. The molecule has 0 spiro atoms. The number of rotatable bonds is 5. The molecule has 0 aliphatic carbocycles. The summed E-state index contributed by atoms with van der Waals surface area (Å²) in [6.45, 7) is 0. The van der Waals surface area contributed by atoms with E-state index in [0.29, 0.717) is 11.4 Å². The molecule has 2 N–H and O–H groups in total. The predicted octanol–water partition coefficient (Wildman–Crippen LogP) is 2.29. The second kappa shape index (κ2) is 5.88. The van der Waals surface area contributed by atoms with Gasteiger partial charge < -0.3 is 15.0 Å². The third-order valence-corrected chi connectivity index (χ3v) is 2.81. The summed E-state index contributed by atoms with van der Waals surface area (Å²) in [6, 6.07) is 12.3. The maximum atomic E-state index is 12.2. The lowest BCUT2D eigenvalue weighted by atomic mass is 10.1. The molecule has 0 aliphatic heterocycles. The fraction of sp³-hybridized carbons (Fsp3) is 0.0667. The minimum atomic E-state index is -1.26. The number of aliphatic carboxylic acids is 1. The first-order valence-corrected chi connectivity index (χ1v) is 6.00. The lowest BCUT2D eigenvalue weighted by molar-refractivity contribution is -0.132. The Morgan fingerprint density at radius 1 is 1.15 bits per heavy atom. The molecule has 5 nitrogen and oxygen atoms in total. The summed E-state index contributed by atoms with van der Waals surface area (Å²) in [6.07, 6.45) is 2.91. The van der Waals surface area contributed by atoms with Crippen molar-refractivity contribution < 1.29 is 14.7 Å². The van der Waals surface area contributed by atoms with Crippen LogP contribution in [0.25, 0.3) is 0 Å². The van der Waals surface area contributed by atoms with Gasteiger partial charge in [0.25, 0.3) is 0 Å². The zero-order valence-corrected chi connectivity index (χ0v) is 10.9. The van der Waals surface area contributed by atoms with Crippen LogP contribution in [-0.4, -0.2) is 21.4 Å². The molecular weight excluding hydrogens is 256 g/mol. The number of aromatic nitrogens is 1. The Morgan fingerprint density at radius 2 is 1.85 bits per heavy atom. The molecule has 0 atom stereocenters. The number of Topliss-reactive ketones (excluding diaryl/α,β-unsaturated/α-hetero) is 1. The molecule has 5 heteroatoms. The molecule has 1 aromatic heterocycles. The van der Waals surface area contributed by atoms with E-state index < -0.39 is 11.8 Å². The maximum absolute atomic E-state index is 12.2. The van der Waals surface area contributed by atoms with Crippen LogP contribution in [0, 0.1) is 0 Å². The second-order valence-electron chi connectivity index (χ2n) is 4.21. The minimum absolute atomic E-state index is 0.310. The zero-order valence-electron chi connectivity index (χ0n) is 10.9. The molecular formula is C15H14N2O3. The van der Waals surface area contributed by atoms with E-state index in [9.17, 15) is 14.7 Å². The third kappa shape index (κ3) is 2.95. The Kier molecular flexibility index (Phi) is 4.00. The number of carbonyl (C=O) groups excluding carboxylic acids is 1. The molecule has 2 aromatic rings. The monoisotopic (exact) mass is 270 g/mol. The van der Waals surface area contributed by atoms with Gasteiger partial charge in [0.2, 0.25) is 5.78 Å². The van der Waals surface area contributed by atoms with Gasteiger partial charge in [0.05, 0.1) is 5.69 Å². The second-order valence-corrected chi connectivity index (χ2v) is 4.21. The molecule has 0 bridgehead atoms. The molecule has 0 fully saturated rings. The van der Waals surface area contributed by atoms with E-state index in [4.69, 9.17) is 0 Å².